The molecule has 3 N–H and O–H groups in total. The molecule has 0 saturated heterocycles. The average Bonchev–Trinajstić information content (AvgIpc) is 2.98. The first-order valence-electron chi connectivity index (χ1n) is 6.40. The third-order valence-corrected chi connectivity index (χ3v) is 3.50. The van der Waals surface area contributed by atoms with E-state index < -0.39 is 0 Å². The van der Waals surface area contributed by atoms with Crippen LogP contribution in [0.1, 0.15) is 15.5 Å². The van der Waals surface area contributed by atoms with Crippen LogP contribution >= 0.6 is 11.3 Å². The van der Waals surface area contributed by atoms with Gasteiger partial charge in [0.2, 0.25) is 0 Å². The van der Waals surface area contributed by atoms with Crippen LogP contribution in [0.5, 0.6) is 5.75 Å². The van der Waals surface area contributed by atoms with E-state index in [1.807, 2.05) is 0 Å². The van der Waals surface area contributed by atoms with Gasteiger partial charge in [-0.2, -0.15) is 0 Å². The number of nitrogens with one attached hydrogen (secondary N) is 1. The molecular weight excluding hydrogens is 290 g/mol. The van der Waals surface area contributed by atoms with Crippen molar-refractivity contribution in [1.29, 1.82) is 0 Å². The number of ether oxygens (including phenoxy) is 2. The number of carbonyl (C=O) groups excluding carboxylic acids is 1. The summed E-state index contributed by atoms with van der Waals surface area (Å²) in [5, 5.41) is 5.21. The Morgan fingerprint density at radius 3 is 2.71 bits per heavy atom. The van der Waals surface area contributed by atoms with Gasteiger partial charge in [-0.15, -0.1) is 11.3 Å². The summed E-state index contributed by atoms with van der Waals surface area (Å²) >= 11 is 1.37. The Morgan fingerprint density at radius 1 is 1.33 bits per heavy atom. The van der Waals surface area contributed by atoms with Gasteiger partial charge in [0.05, 0.1) is 6.61 Å². The van der Waals surface area contributed by atoms with Crippen molar-refractivity contribution in [2.45, 2.75) is 6.54 Å². The molecule has 1 aromatic carbocycles. The lowest BCUT2D eigenvalue weighted by Gasteiger charge is -2.07. The number of carbonyl (C=O) groups is 1. The molecule has 2 aromatic rings. The van der Waals surface area contributed by atoms with Gasteiger partial charge in [0.25, 0.3) is 5.91 Å². The lowest BCUT2D eigenvalue weighted by Crippen LogP contribution is -2.12. The first-order valence-corrected chi connectivity index (χ1v) is 7.28. The molecule has 7 heteroatoms. The van der Waals surface area contributed by atoms with E-state index in [1.54, 1.807) is 36.8 Å². The molecule has 1 heterocycles. The summed E-state index contributed by atoms with van der Waals surface area (Å²) in [6.07, 6.45) is 0. The van der Waals surface area contributed by atoms with Crippen LogP contribution in [0, 0.1) is 0 Å². The van der Waals surface area contributed by atoms with E-state index in [0.29, 0.717) is 31.1 Å². The summed E-state index contributed by atoms with van der Waals surface area (Å²) in [6.45, 7) is 1.36. The molecule has 0 aliphatic rings. The zero-order valence-electron chi connectivity index (χ0n) is 11.7. The topological polar surface area (TPSA) is 86.5 Å². The van der Waals surface area contributed by atoms with Gasteiger partial charge in [-0.25, -0.2) is 4.98 Å². The summed E-state index contributed by atoms with van der Waals surface area (Å²) < 4.78 is 10.3. The van der Waals surface area contributed by atoms with Gasteiger partial charge in [-0.05, 0) is 24.3 Å². The lowest BCUT2D eigenvalue weighted by molar-refractivity contribution is 0.102. The molecule has 6 nitrogen and oxygen atoms in total. The van der Waals surface area contributed by atoms with Gasteiger partial charge in [-0.1, -0.05) is 0 Å². The van der Waals surface area contributed by atoms with Crippen molar-refractivity contribution in [3.05, 3.63) is 40.3 Å². The molecule has 2 rings (SSSR count). The molecular formula is C14H17N3O3S. The maximum absolute atomic E-state index is 12.0. The fourth-order valence-electron chi connectivity index (χ4n) is 1.58. The van der Waals surface area contributed by atoms with Gasteiger partial charge in [0.1, 0.15) is 23.1 Å². The number of benzene rings is 1. The maximum Gasteiger partial charge on any atom is 0.275 e. The zero-order chi connectivity index (χ0) is 15.1. The number of hydrogen-bond donors (Lipinski definition) is 2. The van der Waals surface area contributed by atoms with Crippen molar-refractivity contribution in [3.63, 3.8) is 0 Å². The second-order valence-corrected chi connectivity index (χ2v) is 5.09. The molecule has 0 spiro atoms. The number of nitrogens with zero attached hydrogens (tertiary/aromatic N) is 1. The molecule has 1 aromatic heterocycles. The number of hydrogen-bond acceptors (Lipinski definition) is 6. The monoisotopic (exact) mass is 307 g/mol. The van der Waals surface area contributed by atoms with Crippen molar-refractivity contribution >= 4 is 22.9 Å². The molecule has 1 amide bonds. The summed E-state index contributed by atoms with van der Waals surface area (Å²) in [6, 6.07) is 7.13. The first-order chi connectivity index (χ1) is 10.2. The molecule has 112 valence electrons. The second kappa shape index (κ2) is 7.72. The van der Waals surface area contributed by atoms with E-state index in [1.165, 1.54) is 11.3 Å². The number of aromatic nitrogens is 1. The van der Waals surface area contributed by atoms with E-state index in [4.69, 9.17) is 15.2 Å². The predicted molar refractivity (Wildman–Crippen MR) is 81.8 cm³/mol. The van der Waals surface area contributed by atoms with Crippen LogP contribution in [0.4, 0.5) is 5.69 Å². The van der Waals surface area contributed by atoms with E-state index in [2.05, 4.69) is 10.3 Å². The fourth-order valence-corrected chi connectivity index (χ4v) is 2.24. The first kappa shape index (κ1) is 15.4. The normalized spacial score (nSPS) is 10.4. The van der Waals surface area contributed by atoms with Crippen molar-refractivity contribution < 1.29 is 14.3 Å². The molecule has 0 radical (unpaired) electrons. The highest BCUT2D eigenvalue weighted by atomic mass is 32.1. The van der Waals surface area contributed by atoms with E-state index in [9.17, 15) is 4.79 Å². The standard InChI is InChI=1S/C14H17N3O3S/c1-19-6-7-20-11-4-2-10(3-5-11)16-14(18)12-9-21-13(8-15)17-12/h2-5,9H,6-8,15H2,1H3,(H,16,18). The third-order valence-electron chi connectivity index (χ3n) is 2.63. The fraction of sp³-hybridized carbons (Fsp3) is 0.286. The smallest absolute Gasteiger partial charge is 0.275 e. The molecule has 0 atom stereocenters. The van der Waals surface area contributed by atoms with Crippen LogP contribution in [-0.2, 0) is 11.3 Å². The Morgan fingerprint density at radius 2 is 2.10 bits per heavy atom. The number of thiazole rings is 1. The van der Waals surface area contributed by atoms with Gasteiger partial charge in [0, 0.05) is 24.7 Å². The van der Waals surface area contributed by atoms with Crippen LogP contribution in [0.3, 0.4) is 0 Å². The number of anilines is 1. The van der Waals surface area contributed by atoms with Crippen molar-refractivity contribution in [1.82, 2.24) is 4.98 Å². The Balaban J connectivity index is 1.91. The largest absolute Gasteiger partial charge is 0.491 e. The number of methoxy groups -OCH3 is 1. The Bertz CT molecular complexity index is 583. The molecule has 0 fully saturated rings. The predicted octanol–water partition coefficient (Wildman–Crippen LogP) is 1.88. The van der Waals surface area contributed by atoms with Gasteiger partial charge in [-0.3, -0.25) is 4.79 Å². The molecule has 0 aliphatic heterocycles. The molecule has 0 bridgehead atoms. The quantitative estimate of drug-likeness (QED) is 0.763. The zero-order valence-corrected chi connectivity index (χ0v) is 12.5. The number of nitrogens with two attached hydrogens (primary N) is 1. The summed E-state index contributed by atoms with van der Waals surface area (Å²) in [4.78, 5) is 16.1. The van der Waals surface area contributed by atoms with Gasteiger partial charge in [0.15, 0.2) is 0 Å². The van der Waals surface area contributed by atoms with E-state index in [-0.39, 0.29) is 5.91 Å². The summed E-state index contributed by atoms with van der Waals surface area (Å²) in [5.74, 6) is 0.475. The highest BCUT2D eigenvalue weighted by Crippen LogP contribution is 2.17. The maximum atomic E-state index is 12.0. The van der Waals surface area contributed by atoms with Crippen LogP contribution in [0.2, 0.25) is 0 Å². The molecule has 0 saturated carbocycles. The minimum atomic E-state index is -0.251. The summed E-state index contributed by atoms with van der Waals surface area (Å²) in [5.41, 5.74) is 6.53. The van der Waals surface area contributed by atoms with Crippen LogP contribution in [-0.4, -0.2) is 31.2 Å². The minimum Gasteiger partial charge on any atom is -0.491 e. The highest BCUT2D eigenvalue weighted by Gasteiger charge is 2.10. The van der Waals surface area contributed by atoms with Crippen molar-refractivity contribution in [2.75, 3.05) is 25.6 Å². The molecule has 0 unspecified atom stereocenters. The van der Waals surface area contributed by atoms with E-state index in [0.717, 1.165) is 10.8 Å². The Hall–Kier alpha value is -1.96. The summed E-state index contributed by atoms with van der Waals surface area (Å²) in [7, 11) is 1.62. The Kier molecular flexibility index (Phi) is 5.68. The Labute approximate surface area is 126 Å². The minimum absolute atomic E-state index is 0.251. The van der Waals surface area contributed by atoms with Crippen molar-refractivity contribution in [2.24, 2.45) is 5.73 Å². The SMILES string of the molecule is COCCOc1ccc(NC(=O)c2csc(CN)n2)cc1. The number of amides is 1. The van der Waals surface area contributed by atoms with Crippen LogP contribution in [0.15, 0.2) is 29.6 Å². The lowest BCUT2D eigenvalue weighted by atomic mass is 10.3. The van der Waals surface area contributed by atoms with Crippen LogP contribution < -0.4 is 15.8 Å². The third kappa shape index (κ3) is 4.52. The average molecular weight is 307 g/mol. The molecule has 0 aliphatic carbocycles. The number of rotatable bonds is 7. The van der Waals surface area contributed by atoms with Gasteiger partial charge >= 0.3 is 0 Å². The highest BCUT2D eigenvalue weighted by molar-refractivity contribution is 7.09. The van der Waals surface area contributed by atoms with Crippen LogP contribution in [0.25, 0.3) is 0 Å². The van der Waals surface area contributed by atoms with E-state index >= 15 is 0 Å². The molecule has 21 heavy (non-hydrogen) atoms. The van der Waals surface area contributed by atoms with Crippen molar-refractivity contribution in [3.8, 4) is 5.75 Å². The van der Waals surface area contributed by atoms with Gasteiger partial charge < -0.3 is 20.5 Å². The second-order valence-electron chi connectivity index (χ2n) is 4.15.